The summed E-state index contributed by atoms with van der Waals surface area (Å²) in [6.07, 6.45) is 5.35. The third-order valence-electron chi connectivity index (χ3n) is 4.20. The molecule has 0 bridgehead atoms. The first kappa shape index (κ1) is 13.1. The fourth-order valence-electron chi connectivity index (χ4n) is 3.11. The van der Waals surface area contributed by atoms with Gasteiger partial charge < -0.3 is 15.4 Å². The number of hydrogen-bond donors (Lipinski definition) is 2. The second-order valence-electron chi connectivity index (χ2n) is 5.60. The topological polar surface area (TPSA) is 33.3 Å². The Bertz CT molecular complexity index is 413. The lowest BCUT2D eigenvalue weighted by Gasteiger charge is -2.24. The molecule has 0 aliphatic carbocycles. The molecule has 2 heterocycles. The SMILES string of the molecule is c1cc2c(c(CNCC3CCCCO3)c1)CCNC2. The Morgan fingerprint density at radius 2 is 2.32 bits per heavy atom. The molecule has 0 radical (unpaired) electrons. The molecule has 104 valence electrons. The van der Waals surface area contributed by atoms with E-state index >= 15 is 0 Å². The summed E-state index contributed by atoms with van der Waals surface area (Å²) in [7, 11) is 0. The van der Waals surface area contributed by atoms with Gasteiger partial charge in [-0.2, -0.15) is 0 Å². The lowest BCUT2D eigenvalue weighted by molar-refractivity contribution is 0.0168. The van der Waals surface area contributed by atoms with Gasteiger partial charge in [0, 0.05) is 26.2 Å². The van der Waals surface area contributed by atoms with Crippen LogP contribution in [0.3, 0.4) is 0 Å². The van der Waals surface area contributed by atoms with Gasteiger partial charge in [-0.1, -0.05) is 18.2 Å². The summed E-state index contributed by atoms with van der Waals surface area (Å²) in [6.45, 7) is 5.04. The van der Waals surface area contributed by atoms with E-state index in [1.54, 1.807) is 5.56 Å². The molecule has 3 nitrogen and oxygen atoms in total. The second kappa shape index (κ2) is 6.51. The van der Waals surface area contributed by atoms with Crippen molar-refractivity contribution >= 4 is 0 Å². The highest BCUT2D eigenvalue weighted by Gasteiger charge is 2.15. The van der Waals surface area contributed by atoms with Gasteiger partial charge in [0.1, 0.15) is 0 Å². The van der Waals surface area contributed by atoms with Crippen LogP contribution in [-0.4, -0.2) is 25.8 Å². The van der Waals surface area contributed by atoms with Crippen molar-refractivity contribution in [1.82, 2.24) is 10.6 Å². The highest BCUT2D eigenvalue weighted by molar-refractivity contribution is 5.36. The average Bonchev–Trinajstić information content (AvgIpc) is 2.49. The minimum atomic E-state index is 0.426. The molecule has 0 amide bonds. The molecule has 19 heavy (non-hydrogen) atoms. The van der Waals surface area contributed by atoms with Gasteiger partial charge in [0.15, 0.2) is 0 Å². The summed E-state index contributed by atoms with van der Waals surface area (Å²) in [5.41, 5.74) is 4.49. The van der Waals surface area contributed by atoms with E-state index in [4.69, 9.17) is 4.74 Å². The smallest absolute Gasteiger partial charge is 0.0699 e. The van der Waals surface area contributed by atoms with Gasteiger partial charge in [-0.25, -0.2) is 0 Å². The van der Waals surface area contributed by atoms with Gasteiger partial charge in [0.2, 0.25) is 0 Å². The Morgan fingerprint density at radius 1 is 1.32 bits per heavy atom. The van der Waals surface area contributed by atoms with Gasteiger partial charge in [0.05, 0.1) is 6.10 Å². The van der Waals surface area contributed by atoms with Crippen molar-refractivity contribution in [2.75, 3.05) is 19.7 Å². The number of benzene rings is 1. The van der Waals surface area contributed by atoms with E-state index < -0.39 is 0 Å². The molecule has 1 saturated heterocycles. The maximum Gasteiger partial charge on any atom is 0.0699 e. The van der Waals surface area contributed by atoms with Gasteiger partial charge >= 0.3 is 0 Å². The molecule has 1 aromatic rings. The minimum absolute atomic E-state index is 0.426. The third-order valence-corrected chi connectivity index (χ3v) is 4.20. The van der Waals surface area contributed by atoms with Crippen LogP contribution >= 0.6 is 0 Å². The molecule has 1 fully saturated rings. The first-order valence-electron chi connectivity index (χ1n) is 7.56. The van der Waals surface area contributed by atoms with E-state index in [0.29, 0.717) is 6.10 Å². The van der Waals surface area contributed by atoms with Crippen LogP contribution in [0, 0.1) is 0 Å². The maximum atomic E-state index is 5.76. The predicted octanol–water partition coefficient (Wildman–Crippen LogP) is 1.99. The predicted molar refractivity (Wildman–Crippen MR) is 77.2 cm³/mol. The summed E-state index contributed by atoms with van der Waals surface area (Å²) in [6, 6.07) is 6.69. The Kier molecular flexibility index (Phi) is 4.49. The number of rotatable bonds is 4. The van der Waals surface area contributed by atoms with E-state index in [1.165, 1.54) is 30.4 Å². The summed E-state index contributed by atoms with van der Waals surface area (Å²) in [4.78, 5) is 0. The fourth-order valence-corrected chi connectivity index (χ4v) is 3.11. The molecular weight excluding hydrogens is 236 g/mol. The summed E-state index contributed by atoms with van der Waals surface area (Å²) in [5.74, 6) is 0. The van der Waals surface area contributed by atoms with E-state index in [1.807, 2.05) is 0 Å². The van der Waals surface area contributed by atoms with Crippen LogP contribution in [0.5, 0.6) is 0 Å². The zero-order valence-electron chi connectivity index (χ0n) is 11.6. The van der Waals surface area contributed by atoms with E-state index in [9.17, 15) is 0 Å². The lowest BCUT2D eigenvalue weighted by Crippen LogP contribution is -2.32. The lowest BCUT2D eigenvalue weighted by atomic mass is 9.95. The number of fused-ring (bicyclic) bond motifs is 1. The molecule has 0 saturated carbocycles. The normalized spacial score (nSPS) is 23.1. The van der Waals surface area contributed by atoms with Crippen LogP contribution in [0.1, 0.15) is 36.0 Å². The molecule has 0 aromatic heterocycles. The van der Waals surface area contributed by atoms with Gasteiger partial charge in [-0.3, -0.25) is 0 Å². The highest BCUT2D eigenvalue weighted by atomic mass is 16.5. The van der Waals surface area contributed by atoms with E-state index in [-0.39, 0.29) is 0 Å². The molecule has 3 rings (SSSR count). The Hall–Kier alpha value is -0.900. The Balaban J connectivity index is 1.54. The van der Waals surface area contributed by atoms with E-state index in [2.05, 4.69) is 28.8 Å². The van der Waals surface area contributed by atoms with Crippen LogP contribution in [0.15, 0.2) is 18.2 Å². The van der Waals surface area contributed by atoms with Crippen molar-refractivity contribution in [3.05, 3.63) is 34.9 Å². The summed E-state index contributed by atoms with van der Waals surface area (Å²) >= 11 is 0. The molecule has 1 unspecified atom stereocenters. The molecule has 1 aromatic carbocycles. The van der Waals surface area contributed by atoms with Gasteiger partial charge in [-0.05, 0) is 48.9 Å². The molecule has 2 aliphatic rings. The van der Waals surface area contributed by atoms with Crippen LogP contribution in [0.4, 0.5) is 0 Å². The van der Waals surface area contributed by atoms with Gasteiger partial charge in [-0.15, -0.1) is 0 Å². The van der Waals surface area contributed by atoms with Crippen LogP contribution < -0.4 is 10.6 Å². The van der Waals surface area contributed by atoms with E-state index in [0.717, 1.165) is 39.2 Å². The van der Waals surface area contributed by atoms with Crippen LogP contribution in [-0.2, 0) is 24.2 Å². The summed E-state index contributed by atoms with van der Waals surface area (Å²) in [5, 5.41) is 7.01. The monoisotopic (exact) mass is 260 g/mol. The van der Waals surface area contributed by atoms with Crippen molar-refractivity contribution < 1.29 is 4.74 Å². The first-order chi connectivity index (χ1) is 9.43. The first-order valence-corrected chi connectivity index (χ1v) is 7.56. The molecule has 2 N–H and O–H groups in total. The molecule has 2 aliphatic heterocycles. The third kappa shape index (κ3) is 3.35. The maximum absolute atomic E-state index is 5.76. The number of nitrogens with one attached hydrogen (secondary N) is 2. The largest absolute Gasteiger partial charge is 0.377 e. The molecule has 0 spiro atoms. The second-order valence-corrected chi connectivity index (χ2v) is 5.60. The minimum Gasteiger partial charge on any atom is -0.377 e. The van der Waals surface area contributed by atoms with Crippen molar-refractivity contribution in [3.8, 4) is 0 Å². The molecule has 3 heteroatoms. The van der Waals surface area contributed by atoms with Gasteiger partial charge in [0.25, 0.3) is 0 Å². The Labute approximate surface area is 115 Å². The zero-order chi connectivity index (χ0) is 12.9. The quantitative estimate of drug-likeness (QED) is 0.868. The highest BCUT2D eigenvalue weighted by Crippen LogP contribution is 2.18. The average molecular weight is 260 g/mol. The molecule has 1 atom stereocenters. The number of ether oxygens (including phenoxy) is 1. The van der Waals surface area contributed by atoms with Crippen LogP contribution in [0.2, 0.25) is 0 Å². The zero-order valence-corrected chi connectivity index (χ0v) is 11.6. The van der Waals surface area contributed by atoms with Crippen molar-refractivity contribution in [1.29, 1.82) is 0 Å². The van der Waals surface area contributed by atoms with Crippen LogP contribution in [0.25, 0.3) is 0 Å². The standard InChI is InChI=1S/C16H24N2O/c1-2-9-19-15(6-1)12-18-11-14-5-3-4-13-10-17-8-7-16(13)14/h3-5,15,17-18H,1-2,6-12H2. The molecular formula is C16H24N2O. The van der Waals surface area contributed by atoms with Crippen molar-refractivity contribution in [3.63, 3.8) is 0 Å². The number of hydrogen-bond acceptors (Lipinski definition) is 3. The van der Waals surface area contributed by atoms with Crippen molar-refractivity contribution in [2.45, 2.75) is 44.9 Å². The summed E-state index contributed by atoms with van der Waals surface area (Å²) < 4.78 is 5.76. The fraction of sp³-hybridized carbons (Fsp3) is 0.625. The van der Waals surface area contributed by atoms with Crippen molar-refractivity contribution in [2.24, 2.45) is 0 Å². The Morgan fingerprint density at radius 3 is 3.21 bits per heavy atom.